The lowest BCUT2D eigenvalue weighted by Gasteiger charge is -2.14. The van der Waals surface area contributed by atoms with Gasteiger partial charge in [-0.1, -0.05) is 47.5 Å². The lowest BCUT2D eigenvalue weighted by molar-refractivity contribution is 0.284. The van der Waals surface area contributed by atoms with Crippen molar-refractivity contribution in [1.29, 1.82) is 5.26 Å². The van der Waals surface area contributed by atoms with Crippen LogP contribution in [0.5, 0.6) is 11.5 Å². The second kappa shape index (κ2) is 9.78. The highest BCUT2D eigenvalue weighted by Gasteiger charge is 2.13. The van der Waals surface area contributed by atoms with Gasteiger partial charge < -0.3 is 14.0 Å². The van der Waals surface area contributed by atoms with Gasteiger partial charge in [-0.25, -0.2) is 4.98 Å². The average Bonchev–Trinajstić information content (AvgIpc) is 3.21. The van der Waals surface area contributed by atoms with Gasteiger partial charge in [0.1, 0.15) is 6.61 Å². The van der Waals surface area contributed by atoms with Crippen LogP contribution < -0.4 is 9.47 Å². The van der Waals surface area contributed by atoms with E-state index in [1.165, 1.54) is 0 Å². The van der Waals surface area contributed by atoms with E-state index in [-0.39, 0.29) is 0 Å². The Morgan fingerprint density at radius 1 is 1.12 bits per heavy atom. The zero-order valence-corrected chi connectivity index (χ0v) is 18.8. The first-order chi connectivity index (χ1) is 15.6. The van der Waals surface area contributed by atoms with Crippen LogP contribution in [0.4, 0.5) is 0 Å². The normalized spacial score (nSPS) is 11.4. The fourth-order valence-electron chi connectivity index (χ4n) is 3.33. The number of imidazole rings is 1. The summed E-state index contributed by atoms with van der Waals surface area (Å²) in [5.41, 5.74) is 4.11. The molecule has 0 bridgehead atoms. The Bertz CT molecular complexity index is 1320. The fourth-order valence-corrected chi connectivity index (χ4v) is 3.73. The van der Waals surface area contributed by atoms with Crippen molar-refractivity contribution in [2.24, 2.45) is 0 Å². The van der Waals surface area contributed by atoms with Crippen LogP contribution in [0.15, 0.2) is 72.6 Å². The van der Waals surface area contributed by atoms with Crippen molar-refractivity contribution in [2.75, 3.05) is 7.11 Å². The lowest BCUT2D eigenvalue weighted by Crippen LogP contribution is -2.00. The summed E-state index contributed by atoms with van der Waals surface area (Å²) in [6, 6.07) is 21.0. The van der Waals surface area contributed by atoms with E-state index >= 15 is 0 Å². The molecule has 0 spiro atoms. The number of hydrogen-bond acceptors (Lipinski definition) is 4. The van der Waals surface area contributed by atoms with Gasteiger partial charge >= 0.3 is 0 Å². The zero-order valence-electron chi connectivity index (χ0n) is 17.3. The number of fused-ring (bicyclic) bond motifs is 1. The van der Waals surface area contributed by atoms with Gasteiger partial charge in [-0.05, 0) is 53.6 Å². The van der Waals surface area contributed by atoms with Crippen molar-refractivity contribution < 1.29 is 9.47 Å². The molecule has 0 aliphatic carbocycles. The maximum Gasteiger partial charge on any atom is 0.180 e. The maximum atomic E-state index is 9.69. The Kier molecular flexibility index (Phi) is 6.65. The number of nitrogens with zero attached hydrogens (tertiary/aromatic N) is 3. The van der Waals surface area contributed by atoms with Gasteiger partial charge in [0, 0.05) is 10.6 Å². The van der Waals surface area contributed by atoms with Gasteiger partial charge in [0.2, 0.25) is 0 Å². The van der Waals surface area contributed by atoms with Gasteiger partial charge in [0.05, 0.1) is 42.1 Å². The van der Waals surface area contributed by atoms with E-state index in [1.54, 1.807) is 43.8 Å². The third kappa shape index (κ3) is 4.88. The van der Waals surface area contributed by atoms with E-state index in [1.807, 2.05) is 41.0 Å². The molecule has 0 atom stereocenters. The number of nitriles is 1. The summed E-state index contributed by atoms with van der Waals surface area (Å²) in [6.45, 7) is 0.714. The van der Waals surface area contributed by atoms with Crippen LogP contribution in [0.3, 0.4) is 0 Å². The van der Waals surface area contributed by atoms with Crippen LogP contribution in [0.25, 0.3) is 17.1 Å². The third-order valence-electron chi connectivity index (χ3n) is 4.90. The quantitative estimate of drug-likeness (QED) is 0.292. The van der Waals surface area contributed by atoms with Crippen LogP contribution in [-0.4, -0.2) is 16.7 Å². The molecule has 7 heteroatoms. The number of aromatic nitrogens is 2. The second-order valence-electron chi connectivity index (χ2n) is 7.09. The predicted octanol–water partition coefficient (Wildman–Crippen LogP) is 6.54. The standard InChI is InChI=1S/C25H19Cl2N3O2/c1-31-24-12-18(11-21(27)25(24)32-15-17-6-8-20(26)9-7-17)10-19(13-28)14-30-16-29-22-4-2-3-5-23(22)30/h2-12,16H,14-15H2,1H3/b19-10-. The molecule has 5 nitrogen and oxygen atoms in total. The van der Waals surface area contributed by atoms with Gasteiger partial charge in [0.25, 0.3) is 0 Å². The Morgan fingerprint density at radius 3 is 2.66 bits per heavy atom. The first-order valence-corrected chi connectivity index (χ1v) is 10.6. The van der Waals surface area contributed by atoms with E-state index in [0.717, 1.165) is 22.2 Å². The molecule has 160 valence electrons. The Hall–Kier alpha value is -3.46. The SMILES string of the molecule is COc1cc(/C=C(/C#N)Cn2cnc3ccccc32)cc(Cl)c1OCc1ccc(Cl)cc1. The number of halogens is 2. The summed E-state index contributed by atoms with van der Waals surface area (Å²) in [4.78, 5) is 4.38. The number of ether oxygens (including phenoxy) is 2. The van der Waals surface area contributed by atoms with Gasteiger partial charge in [0.15, 0.2) is 11.5 Å². The van der Waals surface area contributed by atoms with Crippen molar-refractivity contribution in [3.8, 4) is 17.6 Å². The molecule has 0 saturated heterocycles. The van der Waals surface area contributed by atoms with Crippen LogP contribution >= 0.6 is 23.2 Å². The minimum Gasteiger partial charge on any atom is -0.493 e. The molecule has 4 rings (SSSR count). The van der Waals surface area contributed by atoms with Crippen LogP contribution in [0, 0.1) is 11.3 Å². The highest BCUT2D eigenvalue weighted by molar-refractivity contribution is 6.32. The van der Waals surface area contributed by atoms with Crippen molar-refractivity contribution in [1.82, 2.24) is 9.55 Å². The summed E-state index contributed by atoms with van der Waals surface area (Å²) >= 11 is 12.4. The van der Waals surface area contributed by atoms with Crippen molar-refractivity contribution >= 4 is 40.3 Å². The van der Waals surface area contributed by atoms with E-state index < -0.39 is 0 Å². The van der Waals surface area contributed by atoms with E-state index in [2.05, 4.69) is 11.1 Å². The smallest absolute Gasteiger partial charge is 0.180 e. The van der Waals surface area contributed by atoms with Gasteiger partial charge in [-0.2, -0.15) is 5.26 Å². The molecule has 0 aliphatic rings. The average molecular weight is 464 g/mol. The number of allylic oxidation sites excluding steroid dienone is 1. The molecule has 0 fully saturated rings. The Balaban J connectivity index is 1.57. The minimum atomic E-state index is 0.319. The van der Waals surface area contributed by atoms with E-state index in [9.17, 15) is 5.26 Å². The molecule has 3 aromatic carbocycles. The van der Waals surface area contributed by atoms with E-state index in [4.69, 9.17) is 32.7 Å². The number of rotatable bonds is 7. The molecule has 0 unspecified atom stereocenters. The highest BCUT2D eigenvalue weighted by atomic mass is 35.5. The molecule has 4 aromatic rings. The van der Waals surface area contributed by atoms with E-state index in [0.29, 0.717) is 40.3 Å². The molecule has 1 aromatic heterocycles. The monoisotopic (exact) mass is 463 g/mol. The number of methoxy groups -OCH3 is 1. The fraction of sp³-hybridized carbons (Fsp3) is 0.120. The molecule has 0 saturated carbocycles. The zero-order chi connectivity index (χ0) is 22.5. The number of benzene rings is 3. The van der Waals surface area contributed by atoms with Crippen molar-refractivity contribution in [3.63, 3.8) is 0 Å². The van der Waals surface area contributed by atoms with Crippen molar-refractivity contribution in [2.45, 2.75) is 13.2 Å². The summed E-state index contributed by atoms with van der Waals surface area (Å²) in [5, 5.41) is 10.8. The molecule has 0 amide bonds. The summed E-state index contributed by atoms with van der Waals surface area (Å²) in [7, 11) is 1.55. The Labute approximate surface area is 196 Å². The maximum absolute atomic E-state index is 9.69. The van der Waals surface area contributed by atoms with Gasteiger partial charge in [-0.15, -0.1) is 0 Å². The van der Waals surface area contributed by atoms with Crippen LogP contribution in [0.2, 0.25) is 10.0 Å². The molecular formula is C25H19Cl2N3O2. The Morgan fingerprint density at radius 2 is 1.91 bits per heavy atom. The summed E-state index contributed by atoms with van der Waals surface area (Å²) < 4.78 is 13.3. The molecule has 32 heavy (non-hydrogen) atoms. The molecule has 1 heterocycles. The first-order valence-electron chi connectivity index (χ1n) is 9.82. The lowest BCUT2D eigenvalue weighted by atomic mass is 10.1. The molecular weight excluding hydrogens is 445 g/mol. The van der Waals surface area contributed by atoms with Gasteiger partial charge in [-0.3, -0.25) is 0 Å². The number of para-hydroxylation sites is 2. The van der Waals surface area contributed by atoms with Crippen molar-refractivity contribution in [3.05, 3.63) is 93.7 Å². The minimum absolute atomic E-state index is 0.319. The molecule has 0 radical (unpaired) electrons. The summed E-state index contributed by atoms with van der Waals surface area (Å²) in [6.07, 6.45) is 3.52. The molecule has 0 N–H and O–H groups in total. The highest BCUT2D eigenvalue weighted by Crippen LogP contribution is 2.37. The van der Waals surface area contributed by atoms with Crippen LogP contribution in [-0.2, 0) is 13.2 Å². The topological polar surface area (TPSA) is 60.1 Å². The number of hydrogen-bond donors (Lipinski definition) is 0. The summed E-state index contributed by atoms with van der Waals surface area (Å²) in [5.74, 6) is 0.934. The second-order valence-corrected chi connectivity index (χ2v) is 7.94. The first kappa shape index (κ1) is 21.8. The largest absolute Gasteiger partial charge is 0.493 e. The molecule has 0 aliphatic heterocycles. The van der Waals surface area contributed by atoms with Crippen LogP contribution in [0.1, 0.15) is 11.1 Å². The third-order valence-corrected chi connectivity index (χ3v) is 5.43. The predicted molar refractivity (Wildman–Crippen MR) is 127 cm³/mol.